The highest BCUT2D eigenvalue weighted by Crippen LogP contribution is 1.84. The maximum Gasteiger partial charge on any atom is 0.246 e. The topological polar surface area (TPSA) is 55.1 Å². The molecular formula is C7H16N2O. The van der Waals surface area contributed by atoms with Crippen molar-refractivity contribution in [2.45, 2.75) is 13.3 Å². The first-order chi connectivity index (χ1) is 4.68. The molecule has 1 amide bonds. The predicted molar refractivity (Wildman–Crippen MR) is 43.6 cm³/mol. The molecule has 0 aromatic rings. The standard InChI is InChI=1S/C7H14N2O.H2/c1-6(2)7(10)9-5-3-4-8;/h1,3-5,8H2,2H3,(H,9,10);1H. The Hall–Kier alpha value is -0.830. The minimum Gasteiger partial charge on any atom is -0.352 e. The number of hydrogen-bond acceptors (Lipinski definition) is 2. The Bertz CT molecular complexity index is 136. The summed E-state index contributed by atoms with van der Waals surface area (Å²) in [6.07, 6.45) is 0.818. The Morgan fingerprint density at radius 1 is 1.80 bits per heavy atom. The van der Waals surface area contributed by atoms with Gasteiger partial charge in [-0.15, -0.1) is 0 Å². The average Bonchev–Trinajstić information content (AvgIpc) is 1.88. The Labute approximate surface area is 62.8 Å². The summed E-state index contributed by atoms with van der Waals surface area (Å²) >= 11 is 0. The lowest BCUT2D eigenvalue weighted by Crippen LogP contribution is -2.26. The van der Waals surface area contributed by atoms with Crippen LogP contribution in [0.2, 0.25) is 0 Å². The summed E-state index contributed by atoms with van der Waals surface area (Å²) in [5.41, 5.74) is 5.76. The number of amides is 1. The van der Waals surface area contributed by atoms with E-state index in [0.29, 0.717) is 18.7 Å². The van der Waals surface area contributed by atoms with Crippen molar-refractivity contribution in [1.82, 2.24) is 5.32 Å². The van der Waals surface area contributed by atoms with Gasteiger partial charge in [0, 0.05) is 13.5 Å². The molecule has 3 N–H and O–H groups in total. The van der Waals surface area contributed by atoms with Gasteiger partial charge in [-0.25, -0.2) is 0 Å². The monoisotopic (exact) mass is 144 g/mol. The number of rotatable bonds is 4. The molecule has 0 aromatic carbocycles. The van der Waals surface area contributed by atoms with E-state index in [1.165, 1.54) is 0 Å². The molecule has 0 saturated carbocycles. The summed E-state index contributed by atoms with van der Waals surface area (Å²) in [6, 6.07) is 0. The molecule has 0 bridgehead atoms. The van der Waals surface area contributed by atoms with E-state index in [1.54, 1.807) is 6.92 Å². The fourth-order valence-electron chi connectivity index (χ4n) is 0.455. The Kier molecular flexibility index (Phi) is 4.58. The molecule has 0 rings (SSSR count). The molecule has 0 saturated heterocycles. The lowest BCUT2D eigenvalue weighted by molar-refractivity contribution is -0.117. The lowest BCUT2D eigenvalue weighted by Gasteiger charge is -2.01. The summed E-state index contributed by atoms with van der Waals surface area (Å²) in [5, 5.41) is 2.66. The van der Waals surface area contributed by atoms with Gasteiger partial charge in [-0.2, -0.15) is 0 Å². The molecule has 3 heteroatoms. The van der Waals surface area contributed by atoms with Crippen molar-refractivity contribution in [1.29, 1.82) is 0 Å². The summed E-state index contributed by atoms with van der Waals surface area (Å²) in [4.78, 5) is 10.8. The van der Waals surface area contributed by atoms with Crippen LogP contribution < -0.4 is 11.1 Å². The molecule has 0 radical (unpaired) electrons. The minimum atomic E-state index is -0.0894. The largest absolute Gasteiger partial charge is 0.352 e. The molecule has 0 aliphatic rings. The van der Waals surface area contributed by atoms with Gasteiger partial charge in [0.15, 0.2) is 0 Å². The maximum atomic E-state index is 10.8. The number of carbonyl (C=O) groups excluding carboxylic acids is 1. The molecule has 0 aliphatic carbocycles. The zero-order valence-corrected chi connectivity index (χ0v) is 6.31. The summed E-state index contributed by atoms with van der Waals surface area (Å²) in [5.74, 6) is -0.0894. The van der Waals surface area contributed by atoms with Crippen molar-refractivity contribution >= 4 is 5.91 Å². The first-order valence-corrected chi connectivity index (χ1v) is 3.32. The Morgan fingerprint density at radius 3 is 2.80 bits per heavy atom. The molecule has 3 nitrogen and oxygen atoms in total. The average molecular weight is 144 g/mol. The van der Waals surface area contributed by atoms with Crippen LogP contribution in [0.15, 0.2) is 12.2 Å². The molecule has 0 aliphatic heterocycles. The number of nitrogens with one attached hydrogen (secondary N) is 1. The third kappa shape index (κ3) is 4.09. The third-order valence-corrected chi connectivity index (χ3v) is 1.05. The van der Waals surface area contributed by atoms with E-state index in [0.717, 1.165) is 6.42 Å². The van der Waals surface area contributed by atoms with E-state index in [9.17, 15) is 4.79 Å². The lowest BCUT2D eigenvalue weighted by atomic mass is 10.3. The second-order valence-corrected chi connectivity index (χ2v) is 2.18. The predicted octanol–water partition coefficient (Wildman–Crippen LogP) is 0.273. The fourth-order valence-corrected chi connectivity index (χ4v) is 0.455. The summed E-state index contributed by atoms with van der Waals surface area (Å²) in [7, 11) is 0. The van der Waals surface area contributed by atoms with Gasteiger partial charge in [-0.3, -0.25) is 4.79 Å². The van der Waals surface area contributed by atoms with Gasteiger partial charge in [0.25, 0.3) is 0 Å². The second kappa shape index (κ2) is 4.99. The van der Waals surface area contributed by atoms with E-state index < -0.39 is 0 Å². The molecule has 0 unspecified atom stereocenters. The van der Waals surface area contributed by atoms with Crippen molar-refractivity contribution in [2.24, 2.45) is 5.73 Å². The highest BCUT2D eigenvalue weighted by molar-refractivity contribution is 5.91. The van der Waals surface area contributed by atoms with Crippen LogP contribution in [0.25, 0.3) is 0 Å². The SMILES string of the molecule is C=C(C)C(=O)NCCCN.[HH]. The molecule has 10 heavy (non-hydrogen) atoms. The minimum absolute atomic E-state index is 0. The van der Waals surface area contributed by atoms with Gasteiger partial charge in [0.2, 0.25) is 5.91 Å². The molecule has 0 aromatic heterocycles. The normalized spacial score (nSPS) is 9.00. The van der Waals surface area contributed by atoms with Gasteiger partial charge in [0.1, 0.15) is 0 Å². The van der Waals surface area contributed by atoms with Crippen LogP contribution in [0.5, 0.6) is 0 Å². The third-order valence-electron chi connectivity index (χ3n) is 1.05. The molecule has 0 fully saturated rings. The van der Waals surface area contributed by atoms with E-state index >= 15 is 0 Å². The zero-order valence-electron chi connectivity index (χ0n) is 6.31. The van der Waals surface area contributed by atoms with Crippen LogP contribution in [0, 0.1) is 0 Å². The van der Waals surface area contributed by atoms with Gasteiger partial charge in [-0.05, 0) is 19.9 Å². The van der Waals surface area contributed by atoms with Crippen LogP contribution in [-0.2, 0) is 4.79 Å². The van der Waals surface area contributed by atoms with Crippen molar-refractivity contribution < 1.29 is 6.22 Å². The van der Waals surface area contributed by atoms with Gasteiger partial charge < -0.3 is 11.1 Å². The van der Waals surface area contributed by atoms with E-state index in [4.69, 9.17) is 5.73 Å². The highest BCUT2D eigenvalue weighted by atomic mass is 16.1. The van der Waals surface area contributed by atoms with Gasteiger partial charge in [-0.1, -0.05) is 6.58 Å². The second-order valence-electron chi connectivity index (χ2n) is 2.18. The van der Waals surface area contributed by atoms with Crippen LogP contribution in [0.3, 0.4) is 0 Å². The van der Waals surface area contributed by atoms with E-state index in [2.05, 4.69) is 11.9 Å². The van der Waals surface area contributed by atoms with E-state index in [1.807, 2.05) is 0 Å². The summed E-state index contributed by atoms with van der Waals surface area (Å²) in [6.45, 7) is 6.42. The highest BCUT2D eigenvalue weighted by Gasteiger charge is 1.97. The fraction of sp³-hybridized carbons (Fsp3) is 0.571. The molecule has 0 heterocycles. The Morgan fingerprint density at radius 2 is 2.40 bits per heavy atom. The van der Waals surface area contributed by atoms with Gasteiger partial charge in [0.05, 0.1) is 0 Å². The van der Waals surface area contributed by atoms with E-state index in [-0.39, 0.29) is 7.33 Å². The maximum absolute atomic E-state index is 10.8. The summed E-state index contributed by atoms with van der Waals surface area (Å²) < 4.78 is 0. The first-order valence-electron chi connectivity index (χ1n) is 3.32. The van der Waals surface area contributed by atoms with Gasteiger partial charge >= 0.3 is 0 Å². The van der Waals surface area contributed by atoms with Crippen molar-refractivity contribution in [2.75, 3.05) is 13.1 Å². The number of nitrogens with two attached hydrogens (primary N) is 1. The molecular weight excluding hydrogens is 128 g/mol. The van der Waals surface area contributed by atoms with Crippen LogP contribution >= 0.6 is 0 Å². The van der Waals surface area contributed by atoms with Crippen molar-refractivity contribution in [3.05, 3.63) is 12.2 Å². The van der Waals surface area contributed by atoms with Crippen molar-refractivity contribution in [3.8, 4) is 0 Å². The number of carbonyl (C=O) groups is 1. The first kappa shape index (κ1) is 9.17. The number of hydrogen-bond donors (Lipinski definition) is 2. The molecule has 0 atom stereocenters. The molecule has 60 valence electrons. The molecule has 0 spiro atoms. The smallest absolute Gasteiger partial charge is 0.246 e. The van der Waals surface area contributed by atoms with Crippen LogP contribution in [0.1, 0.15) is 14.8 Å². The van der Waals surface area contributed by atoms with Crippen LogP contribution in [-0.4, -0.2) is 19.0 Å². The quantitative estimate of drug-likeness (QED) is 0.439. The van der Waals surface area contributed by atoms with Crippen LogP contribution in [0.4, 0.5) is 0 Å². The zero-order chi connectivity index (χ0) is 7.98. The Balaban J connectivity index is 0. The van der Waals surface area contributed by atoms with Crippen molar-refractivity contribution in [3.63, 3.8) is 0 Å².